The minimum Gasteiger partial charge on any atom is -0.381 e. The number of methoxy groups -OCH3 is 1. The number of nitrogen functional groups attached to an aromatic ring is 1. The molecule has 0 atom stereocenters. The first-order valence-corrected chi connectivity index (χ1v) is 4.65. The van der Waals surface area contributed by atoms with E-state index in [-0.39, 0.29) is 0 Å². The van der Waals surface area contributed by atoms with Crippen molar-refractivity contribution in [2.75, 3.05) is 18.2 Å². The average Bonchev–Trinajstić information content (AvgIpc) is 2.13. The van der Waals surface area contributed by atoms with Gasteiger partial charge in [-0.05, 0) is 12.8 Å². The Morgan fingerprint density at radius 1 is 1.43 bits per heavy atom. The Morgan fingerprint density at radius 3 is 2.79 bits per heavy atom. The molecule has 5 heteroatoms. The molecule has 0 amide bonds. The minimum absolute atomic E-state index is 0.380. The van der Waals surface area contributed by atoms with Crippen LogP contribution >= 0.6 is 0 Å². The molecule has 0 unspecified atom stereocenters. The van der Waals surface area contributed by atoms with Crippen molar-refractivity contribution >= 4 is 11.6 Å². The highest BCUT2D eigenvalue weighted by Crippen LogP contribution is 2.26. The molecule has 0 saturated heterocycles. The maximum Gasteiger partial charge on any atom is 0.169 e. The molecule has 1 heterocycles. The maximum absolute atomic E-state index is 5.65. The van der Waals surface area contributed by atoms with E-state index in [1.807, 2.05) is 0 Å². The fraction of sp³-hybridized carbons (Fsp3) is 0.556. The number of hydrogen-bond donors (Lipinski definition) is 2. The summed E-state index contributed by atoms with van der Waals surface area (Å²) < 4.78 is 5.18. The first-order valence-electron chi connectivity index (χ1n) is 4.65. The third kappa shape index (κ3) is 1.77. The second-order valence-electron chi connectivity index (χ2n) is 3.46. The molecule has 1 aromatic rings. The first-order chi connectivity index (χ1) is 6.79. The van der Waals surface area contributed by atoms with Gasteiger partial charge in [-0.2, -0.15) is 0 Å². The predicted octanol–water partition coefficient (Wildman–Crippen LogP) is 0.648. The van der Waals surface area contributed by atoms with Gasteiger partial charge in [-0.3, -0.25) is 0 Å². The second kappa shape index (κ2) is 3.79. The van der Waals surface area contributed by atoms with Crippen molar-refractivity contribution < 1.29 is 4.74 Å². The maximum atomic E-state index is 5.65. The lowest BCUT2D eigenvalue weighted by Crippen LogP contribution is -2.40. The normalized spacial score (nSPS) is 25.5. The molecular formula is C9H14N4O. The first kappa shape index (κ1) is 9.21. The minimum atomic E-state index is 0.380. The van der Waals surface area contributed by atoms with Gasteiger partial charge in [0.15, 0.2) is 11.6 Å². The Hall–Kier alpha value is -1.36. The quantitative estimate of drug-likeness (QED) is 0.739. The van der Waals surface area contributed by atoms with Crippen LogP contribution in [0.25, 0.3) is 0 Å². The summed E-state index contributed by atoms with van der Waals surface area (Å²) in [7, 11) is 1.73. The molecule has 0 bridgehead atoms. The fourth-order valence-electron chi connectivity index (χ4n) is 1.53. The van der Waals surface area contributed by atoms with Gasteiger partial charge in [-0.1, -0.05) is 0 Å². The monoisotopic (exact) mass is 194 g/mol. The summed E-state index contributed by atoms with van der Waals surface area (Å²) >= 11 is 0. The van der Waals surface area contributed by atoms with Crippen LogP contribution < -0.4 is 11.1 Å². The van der Waals surface area contributed by atoms with Crippen LogP contribution in [0.1, 0.15) is 12.8 Å². The Morgan fingerprint density at radius 2 is 2.14 bits per heavy atom. The van der Waals surface area contributed by atoms with Gasteiger partial charge in [-0.25, -0.2) is 9.97 Å². The zero-order valence-corrected chi connectivity index (χ0v) is 8.10. The van der Waals surface area contributed by atoms with Crippen molar-refractivity contribution in [1.29, 1.82) is 0 Å². The van der Waals surface area contributed by atoms with Gasteiger partial charge in [0.25, 0.3) is 0 Å². The van der Waals surface area contributed by atoms with E-state index in [1.165, 1.54) is 0 Å². The van der Waals surface area contributed by atoms with Crippen LogP contribution in [0.15, 0.2) is 12.4 Å². The zero-order valence-electron chi connectivity index (χ0n) is 8.10. The van der Waals surface area contributed by atoms with E-state index in [1.54, 1.807) is 19.5 Å². The van der Waals surface area contributed by atoms with E-state index in [4.69, 9.17) is 10.5 Å². The standard InChI is InChI=1S/C9H14N4O/c1-14-7-4-6(5-7)13-9-8(10)11-2-3-12-9/h2-3,6-7H,4-5H2,1H3,(H2,10,11)(H,12,13). The summed E-state index contributed by atoms with van der Waals surface area (Å²) in [6.45, 7) is 0. The topological polar surface area (TPSA) is 73.1 Å². The van der Waals surface area contributed by atoms with Crippen LogP contribution in [0.4, 0.5) is 11.6 Å². The number of rotatable bonds is 3. The molecule has 0 aliphatic heterocycles. The summed E-state index contributed by atoms with van der Waals surface area (Å²) in [6.07, 6.45) is 5.61. The van der Waals surface area contributed by atoms with Crippen LogP contribution in [0, 0.1) is 0 Å². The van der Waals surface area contributed by atoms with Gasteiger partial charge in [0.2, 0.25) is 0 Å². The van der Waals surface area contributed by atoms with Crippen LogP contribution in [-0.2, 0) is 4.74 Å². The number of ether oxygens (including phenoxy) is 1. The molecule has 3 N–H and O–H groups in total. The zero-order chi connectivity index (χ0) is 9.97. The van der Waals surface area contributed by atoms with Crippen molar-refractivity contribution in [3.05, 3.63) is 12.4 Å². The van der Waals surface area contributed by atoms with Crippen LogP contribution in [0.3, 0.4) is 0 Å². The Bertz CT molecular complexity index is 311. The molecule has 14 heavy (non-hydrogen) atoms. The number of nitrogens with zero attached hydrogens (tertiary/aromatic N) is 2. The van der Waals surface area contributed by atoms with E-state index in [2.05, 4.69) is 15.3 Å². The lowest BCUT2D eigenvalue weighted by Gasteiger charge is -2.34. The molecule has 5 nitrogen and oxygen atoms in total. The van der Waals surface area contributed by atoms with Gasteiger partial charge >= 0.3 is 0 Å². The fourth-order valence-corrected chi connectivity index (χ4v) is 1.53. The van der Waals surface area contributed by atoms with Crippen molar-refractivity contribution in [3.8, 4) is 0 Å². The highest BCUT2D eigenvalue weighted by atomic mass is 16.5. The lowest BCUT2D eigenvalue weighted by molar-refractivity contribution is 0.0328. The van der Waals surface area contributed by atoms with Crippen molar-refractivity contribution in [2.24, 2.45) is 0 Å². The molecule has 0 spiro atoms. The van der Waals surface area contributed by atoms with Crippen LogP contribution in [-0.4, -0.2) is 29.2 Å². The highest BCUT2D eigenvalue weighted by molar-refractivity contribution is 5.55. The molecule has 1 saturated carbocycles. The average molecular weight is 194 g/mol. The largest absolute Gasteiger partial charge is 0.381 e. The summed E-state index contributed by atoms with van der Waals surface area (Å²) in [5.74, 6) is 1.13. The molecule has 0 radical (unpaired) electrons. The van der Waals surface area contributed by atoms with Crippen molar-refractivity contribution in [1.82, 2.24) is 9.97 Å². The van der Waals surface area contributed by atoms with Gasteiger partial charge in [0.1, 0.15) is 0 Å². The lowest BCUT2D eigenvalue weighted by atomic mass is 9.89. The predicted molar refractivity (Wildman–Crippen MR) is 53.9 cm³/mol. The molecule has 1 aliphatic carbocycles. The molecule has 1 fully saturated rings. The van der Waals surface area contributed by atoms with Gasteiger partial charge in [0.05, 0.1) is 6.10 Å². The molecular weight excluding hydrogens is 180 g/mol. The Labute approximate surface area is 82.7 Å². The summed E-state index contributed by atoms with van der Waals surface area (Å²) in [5.41, 5.74) is 5.65. The van der Waals surface area contributed by atoms with Crippen LogP contribution in [0.2, 0.25) is 0 Å². The number of anilines is 2. The summed E-state index contributed by atoms with van der Waals surface area (Å²) in [6, 6.07) is 0.416. The highest BCUT2D eigenvalue weighted by Gasteiger charge is 2.29. The Balaban J connectivity index is 1.90. The van der Waals surface area contributed by atoms with Crippen molar-refractivity contribution in [3.63, 3.8) is 0 Å². The van der Waals surface area contributed by atoms with Crippen LogP contribution in [0.5, 0.6) is 0 Å². The second-order valence-corrected chi connectivity index (χ2v) is 3.46. The third-order valence-electron chi connectivity index (χ3n) is 2.50. The van der Waals surface area contributed by atoms with Gasteiger partial charge in [0, 0.05) is 25.5 Å². The molecule has 76 valence electrons. The smallest absolute Gasteiger partial charge is 0.169 e. The summed E-state index contributed by atoms with van der Waals surface area (Å²) in [4.78, 5) is 8.06. The van der Waals surface area contributed by atoms with Crippen molar-refractivity contribution in [2.45, 2.75) is 25.0 Å². The SMILES string of the molecule is COC1CC(Nc2nccnc2N)C1. The summed E-state index contributed by atoms with van der Waals surface area (Å²) in [5, 5.41) is 3.23. The molecule has 0 aromatic carbocycles. The Kier molecular flexibility index (Phi) is 2.49. The number of nitrogens with one attached hydrogen (secondary N) is 1. The van der Waals surface area contributed by atoms with Gasteiger partial charge in [-0.15, -0.1) is 0 Å². The molecule has 1 aromatic heterocycles. The van der Waals surface area contributed by atoms with E-state index in [9.17, 15) is 0 Å². The molecule has 2 rings (SSSR count). The van der Waals surface area contributed by atoms with Gasteiger partial charge < -0.3 is 15.8 Å². The number of aromatic nitrogens is 2. The van der Waals surface area contributed by atoms with E-state index < -0.39 is 0 Å². The third-order valence-corrected chi connectivity index (χ3v) is 2.50. The van der Waals surface area contributed by atoms with E-state index in [0.29, 0.717) is 23.8 Å². The van der Waals surface area contributed by atoms with E-state index in [0.717, 1.165) is 12.8 Å². The molecule has 1 aliphatic rings. The number of hydrogen-bond acceptors (Lipinski definition) is 5. The number of nitrogens with two attached hydrogens (primary N) is 1. The van der Waals surface area contributed by atoms with E-state index >= 15 is 0 Å².